The van der Waals surface area contributed by atoms with Gasteiger partial charge in [0.25, 0.3) is 0 Å². The number of hydrogen-bond donors (Lipinski definition) is 2. The number of aromatic nitrogens is 1. The summed E-state index contributed by atoms with van der Waals surface area (Å²) in [6.45, 7) is 3.37. The van der Waals surface area contributed by atoms with Gasteiger partial charge in [-0.2, -0.15) is 0 Å². The molecule has 4 heteroatoms. The van der Waals surface area contributed by atoms with Gasteiger partial charge in [-0.3, -0.25) is 0 Å². The van der Waals surface area contributed by atoms with Crippen molar-refractivity contribution in [2.45, 2.75) is 19.9 Å². The molecule has 0 aliphatic carbocycles. The van der Waals surface area contributed by atoms with Crippen molar-refractivity contribution in [3.8, 4) is 0 Å². The van der Waals surface area contributed by atoms with Crippen molar-refractivity contribution >= 4 is 22.6 Å². The van der Waals surface area contributed by atoms with E-state index in [0.29, 0.717) is 6.54 Å². The first-order valence-corrected chi connectivity index (χ1v) is 7.92. The van der Waals surface area contributed by atoms with Crippen LogP contribution >= 0.6 is 0 Å². The summed E-state index contributed by atoms with van der Waals surface area (Å²) in [5, 5.41) is 4.30. The Hall–Kier alpha value is -2.75. The van der Waals surface area contributed by atoms with Crippen molar-refractivity contribution in [1.29, 1.82) is 0 Å². The van der Waals surface area contributed by atoms with E-state index in [9.17, 15) is 4.79 Å². The number of para-hydroxylation sites is 2. The normalized spacial score (nSPS) is 13.9. The van der Waals surface area contributed by atoms with Gasteiger partial charge >= 0.3 is 6.03 Å². The number of fused-ring (bicyclic) bond motifs is 3. The molecule has 4 nitrogen and oxygen atoms in total. The minimum absolute atomic E-state index is 0.0383. The molecule has 0 atom stereocenters. The molecule has 0 radical (unpaired) electrons. The van der Waals surface area contributed by atoms with Crippen LogP contribution in [-0.2, 0) is 13.0 Å². The van der Waals surface area contributed by atoms with E-state index in [0.717, 1.165) is 35.4 Å². The van der Waals surface area contributed by atoms with Crippen LogP contribution in [0.25, 0.3) is 10.9 Å². The SMILES string of the molecule is Cc1ccccc1NC(=O)N1CCc2c([nH]c3ccccc23)C1. The predicted molar refractivity (Wildman–Crippen MR) is 92.6 cm³/mol. The lowest BCUT2D eigenvalue weighted by molar-refractivity contribution is 0.206. The van der Waals surface area contributed by atoms with Crippen molar-refractivity contribution in [2.75, 3.05) is 11.9 Å². The molecule has 0 bridgehead atoms. The lowest BCUT2D eigenvalue weighted by atomic mass is 10.0. The summed E-state index contributed by atoms with van der Waals surface area (Å²) < 4.78 is 0. The highest BCUT2D eigenvalue weighted by molar-refractivity contribution is 5.91. The van der Waals surface area contributed by atoms with Crippen LogP contribution in [0.15, 0.2) is 48.5 Å². The first kappa shape index (κ1) is 13.9. The highest BCUT2D eigenvalue weighted by Gasteiger charge is 2.23. The van der Waals surface area contributed by atoms with Gasteiger partial charge in [0.15, 0.2) is 0 Å². The topological polar surface area (TPSA) is 48.1 Å². The van der Waals surface area contributed by atoms with E-state index in [2.05, 4.69) is 28.5 Å². The van der Waals surface area contributed by atoms with E-state index in [1.807, 2.05) is 42.2 Å². The van der Waals surface area contributed by atoms with E-state index in [1.165, 1.54) is 10.9 Å². The van der Waals surface area contributed by atoms with Gasteiger partial charge < -0.3 is 15.2 Å². The number of urea groups is 1. The number of aromatic amines is 1. The zero-order valence-electron chi connectivity index (χ0n) is 13.1. The van der Waals surface area contributed by atoms with Gasteiger partial charge in [0.1, 0.15) is 0 Å². The zero-order chi connectivity index (χ0) is 15.8. The average molecular weight is 305 g/mol. The number of benzene rings is 2. The van der Waals surface area contributed by atoms with Crippen molar-refractivity contribution in [2.24, 2.45) is 0 Å². The van der Waals surface area contributed by atoms with Crippen molar-refractivity contribution < 1.29 is 4.79 Å². The fourth-order valence-corrected chi connectivity index (χ4v) is 3.27. The van der Waals surface area contributed by atoms with E-state index in [4.69, 9.17) is 0 Å². The third kappa shape index (κ3) is 2.46. The van der Waals surface area contributed by atoms with Crippen LogP contribution in [0.5, 0.6) is 0 Å². The Bertz CT molecular complexity index is 881. The first-order valence-electron chi connectivity index (χ1n) is 7.92. The molecule has 0 unspecified atom stereocenters. The molecule has 0 saturated carbocycles. The Kier molecular flexibility index (Phi) is 3.30. The van der Waals surface area contributed by atoms with Crippen LogP contribution < -0.4 is 5.32 Å². The van der Waals surface area contributed by atoms with Crippen LogP contribution in [0.4, 0.5) is 10.5 Å². The Morgan fingerprint density at radius 3 is 2.78 bits per heavy atom. The number of nitrogens with zero attached hydrogens (tertiary/aromatic N) is 1. The summed E-state index contributed by atoms with van der Waals surface area (Å²) in [4.78, 5) is 17.9. The van der Waals surface area contributed by atoms with Crippen LogP contribution in [-0.4, -0.2) is 22.5 Å². The number of hydrogen-bond acceptors (Lipinski definition) is 1. The molecule has 116 valence electrons. The van der Waals surface area contributed by atoms with Crippen molar-refractivity contribution in [3.05, 3.63) is 65.4 Å². The molecule has 0 spiro atoms. The molecule has 2 aromatic carbocycles. The molecule has 2 amide bonds. The molecular formula is C19H19N3O. The van der Waals surface area contributed by atoms with Crippen LogP contribution in [0, 0.1) is 6.92 Å². The number of amides is 2. The minimum atomic E-state index is -0.0383. The van der Waals surface area contributed by atoms with Crippen molar-refractivity contribution in [3.63, 3.8) is 0 Å². The minimum Gasteiger partial charge on any atom is -0.357 e. The molecule has 1 aliphatic rings. The second-order valence-corrected chi connectivity index (χ2v) is 6.04. The molecule has 4 rings (SSSR count). The standard InChI is InChI=1S/C19H19N3O/c1-13-6-2-4-8-16(13)21-19(23)22-11-10-15-14-7-3-5-9-17(14)20-18(15)12-22/h2-9,20H,10-12H2,1H3,(H,21,23). The van der Waals surface area contributed by atoms with Gasteiger partial charge in [-0.15, -0.1) is 0 Å². The van der Waals surface area contributed by atoms with Crippen molar-refractivity contribution in [1.82, 2.24) is 9.88 Å². The highest BCUT2D eigenvalue weighted by Crippen LogP contribution is 2.27. The van der Waals surface area contributed by atoms with E-state index in [-0.39, 0.29) is 6.03 Å². The quantitative estimate of drug-likeness (QED) is 0.699. The number of carbonyl (C=O) groups is 1. The number of carbonyl (C=O) groups excluding carboxylic acids is 1. The maximum absolute atomic E-state index is 12.5. The largest absolute Gasteiger partial charge is 0.357 e. The third-order valence-corrected chi connectivity index (χ3v) is 4.56. The molecular weight excluding hydrogens is 286 g/mol. The summed E-state index contributed by atoms with van der Waals surface area (Å²) >= 11 is 0. The van der Waals surface area contributed by atoms with Crippen LogP contribution in [0.3, 0.4) is 0 Å². The van der Waals surface area contributed by atoms with E-state index >= 15 is 0 Å². The second-order valence-electron chi connectivity index (χ2n) is 6.04. The van der Waals surface area contributed by atoms with Gasteiger partial charge in [0, 0.05) is 28.8 Å². The van der Waals surface area contributed by atoms with Gasteiger partial charge in [0.05, 0.1) is 6.54 Å². The summed E-state index contributed by atoms with van der Waals surface area (Å²) in [7, 11) is 0. The second kappa shape index (κ2) is 5.47. The molecule has 1 aliphatic heterocycles. The molecule has 2 N–H and O–H groups in total. The smallest absolute Gasteiger partial charge is 0.322 e. The maximum atomic E-state index is 12.5. The average Bonchev–Trinajstić information content (AvgIpc) is 2.94. The highest BCUT2D eigenvalue weighted by atomic mass is 16.2. The molecule has 1 aromatic heterocycles. The molecule has 0 saturated heterocycles. The predicted octanol–water partition coefficient (Wildman–Crippen LogP) is 4.07. The Labute approximate surface area is 135 Å². The third-order valence-electron chi connectivity index (χ3n) is 4.56. The van der Waals surface area contributed by atoms with E-state index in [1.54, 1.807) is 0 Å². The number of rotatable bonds is 1. The summed E-state index contributed by atoms with van der Waals surface area (Å²) in [5.41, 5.74) is 5.60. The van der Waals surface area contributed by atoms with E-state index < -0.39 is 0 Å². The lowest BCUT2D eigenvalue weighted by Crippen LogP contribution is -2.38. The first-order chi connectivity index (χ1) is 11.2. The summed E-state index contributed by atoms with van der Waals surface area (Å²) in [5.74, 6) is 0. The fourth-order valence-electron chi connectivity index (χ4n) is 3.27. The maximum Gasteiger partial charge on any atom is 0.322 e. The zero-order valence-corrected chi connectivity index (χ0v) is 13.1. The summed E-state index contributed by atoms with van der Waals surface area (Å²) in [6.07, 6.45) is 0.889. The number of anilines is 1. The Morgan fingerprint density at radius 1 is 1.13 bits per heavy atom. The lowest BCUT2D eigenvalue weighted by Gasteiger charge is -2.27. The Morgan fingerprint density at radius 2 is 1.91 bits per heavy atom. The molecule has 0 fully saturated rings. The van der Waals surface area contributed by atoms with Crippen LogP contribution in [0.2, 0.25) is 0 Å². The van der Waals surface area contributed by atoms with Gasteiger partial charge in [-0.1, -0.05) is 36.4 Å². The molecule has 3 aromatic rings. The molecule has 2 heterocycles. The van der Waals surface area contributed by atoms with Crippen LogP contribution in [0.1, 0.15) is 16.8 Å². The summed E-state index contributed by atoms with van der Waals surface area (Å²) in [6, 6.07) is 16.1. The van der Waals surface area contributed by atoms with Gasteiger partial charge in [0.2, 0.25) is 0 Å². The number of nitrogens with one attached hydrogen (secondary N) is 2. The Balaban J connectivity index is 1.56. The molecule has 23 heavy (non-hydrogen) atoms. The number of H-pyrrole nitrogens is 1. The monoisotopic (exact) mass is 305 g/mol. The van der Waals surface area contributed by atoms with Gasteiger partial charge in [-0.25, -0.2) is 4.79 Å². The fraction of sp³-hybridized carbons (Fsp3) is 0.211. The van der Waals surface area contributed by atoms with Gasteiger partial charge in [-0.05, 0) is 36.6 Å². The number of aryl methyl sites for hydroxylation is 1.